The van der Waals surface area contributed by atoms with E-state index in [0.717, 1.165) is 16.7 Å². The van der Waals surface area contributed by atoms with Crippen molar-refractivity contribution in [2.75, 3.05) is 0 Å². The smallest absolute Gasteiger partial charge is 0.241 e. The van der Waals surface area contributed by atoms with Gasteiger partial charge in [-0.05, 0) is 61.6 Å². The zero-order valence-electron chi connectivity index (χ0n) is 17.9. The van der Waals surface area contributed by atoms with Gasteiger partial charge in [-0.25, -0.2) is 8.42 Å². The van der Waals surface area contributed by atoms with Crippen molar-refractivity contribution in [2.24, 2.45) is 0 Å². The van der Waals surface area contributed by atoms with Crippen molar-refractivity contribution in [1.29, 1.82) is 0 Å². The van der Waals surface area contributed by atoms with Crippen molar-refractivity contribution in [2.45, 2.75) is 44.7 Å². The largest absolute Gasteiger partial charge is 0.351 e. The summed E-state index contributed by atoms with van der Waals surface area (Å²) in [4.78, 5) is 17.2. The van der Waals surface area contributed by atoms with Crippen LogP contribution in [0.1, 0.15) is 27.8 Å². The summed E-state index contributed by atoms with van der Waals surface area (Å²) in [6.07, 6.45) is 3.54. The van der Waals surface area contributed by atoms with E-state index in [1.165, 1.54) is 0 Å². The van der Waals surface area contributed by atoms with E-state index in [0.29, 0.717) is 11.1 Å². The Hall–Kier alpha value is -3.03. The van der Waals surface area contributed by atoms with E-state index in [4.69, 9.17) is 0 Å². The Morgan fingerprint density at radius 2 is 1.55 bits per heavy atom. The predicted octanol–water partition coefficient (Wildman–Crippen LogP) is 3.21. The van der Waals surface area contributed by atoms with Crippen LogP contribution in [-0.2, 0) is 27.8 Å². The number of rotatable bonds is 8. The zero-order valence-corrected chi connectivity index (χ0v) is 18.7. The molecule has 1 unspecified atom stereocenters. The minimum Gasteiger partial charge on any atom is -0.351 e. The van der Waals surface area contributed by atoms with Crippen LogP contribution in [0.15, 0.2) is 71.9 Å². The van der Waals surface area contributed by atoms with Crippen LogP contribution in [-0.4, -0.2) is 25.4 Å². The summed E-state index contributed by atoms with van der Waals surface area (Å²) in [5.41, 5.74) is 4.05. The number of benzene rings is 2. The van der Waals surface area contributed by atoms with Gasteiger partial charge in [0.25, 0.3) is 0 Å². The van der Waals surface area contributed by atoms with Gasteiger partial charge in [-0.2, -0.15) is 4.72 Å². The van der Waals surface area contributed by atoms with Gasteiger partial charge in [-0.1, -0.05) is 48.0 Å². The van der Waals surface area contributed by atoms with Crippen LogP contribution in [0.3, 0.4) is 0 Å². The van der Waals surface area contributed by atoms with E-state index < -0.39 is 16.1 Å². The topological polar surface area (TPSA) is 88.2 Å². The highest BCUT2D eigenvalue weighted by atomic mass is 32.2. The monoisotopic (exact) mass is 437 g/mol. The fourth-order valence-electron chi connectivity index (χ4n) is 3.69. The highest BCUT2D eigenvalue weighted by molar-refractivity contribution is 7.89. The number of aryl methyl sites for hydroxylation is 3. The number of hydrogen-bond donors (Lipinski definition) is 2. The molecule has 0 radical (unpaired) electrons. The number of hydrogen-bond acceptors (Lipinski definition) is 4. The Morgan fingerprint density at radius 1 is 0.935 bits per heavy atom. The molecule has 7 heteroatoms. The quantitative estimate of drug-likeness (QED) is 0.566. The van der Waals surface area contributed by atoms with Gasteiger partial charge in [0.1, 0.15) is 6.04 Å². The summed E-state index contributed by atoms with van der Waals surface area (Å²) >= 11 is 0. The normalized spacial score (nSPS) is 12.4. The molecule has 0 spiro atoms. The molecule has 2 aromatic carbocycles. The molecule has 0 aliphatic heterocycles. The first-order chi connectivity index (χ1) is 14.8. The van der Waals surface area contributed by atoms with E-state index in [9.17, 15) is 13.2 Å². The van der Waals surface area contributed by atoms with Crippen LogP contribution >= 0.6 is 0 Å². The third-order valence-electron chi connectivity index (χ3n) is 4.99. The molecular weight excluding hydrogens is 410 g/mol. The molecule has 3 rings (SSSR count). The number of pyridine rings is 1. The second kappa shape index (κ2) is 9.85. The lowest BCUT2D eigenvalue weighted by atomic mass is 10.1. The second-order valence-electron chi connectivity index (χ2n) is 7.66. The van der Waals surface area contributed by atoms with Crippen molar-refractivity contribution >= 4 is 15.9 Å². The van der Waals surface area contributed by atoms with E-state index in [-0.39, 0.29) is 23.8 Å². The van der Waals surface area contributed by atoms with Crippen LogP contribution in [0, 0.1) is 20.8 Å². The number of carbonyl (C=O) groups excluding carboxylic acids is 1. The first-order valence-electron chi connectivity index (χ1n) is 10.1. The SMILES string of the molecule is Cc1cc(C)c(S(=O)(=O)NC(Cc2ccccc2)C(=O)NCc2ccncc2)c(C)c1. The number of nitrogens with zero attached hydrogens (tertiary/aromatic N) is 1. The molecule has 1 aromatic heterocycles. The van der Waals surface area contributed by atoms with E-state index in [1.54, 1.807) is 38.4 Å². The Bertz CT molecular complexity index is 1120. The molecule has 0 saturated carbocycles. The maximum absolute atomic E-state index is 13.3. The van der Waals surface area contributed by atoms with Gasteiger partial charge in [0, 0.05) is 18.9 Å². The summed E-state index contributed by atoms with van der Waals surface area (Å²) < 4.78 is 29.2. The van der Waals surface area contributed by atoms with Gasteiger partial charge in [0.2, 0.25) is 15.9 Å². The van der Waals surface area contributed by atoms with Crippen LogP contribution in [0.25, 0.3) is 0 Å². The highest BCUT2D eigenvalue weighted by Gasteiger charge is 2.28. The first-order valence-corrected chi connectivity index (χ1v) is 11.6. The molecule has 2 N–H and O–H groups in total. The van der Waals surface area contributed by atoms with E-state index in [1.807, 2.05) is 49.4 Å². The summed E-state index contributed by atoms with van der Waals surface area (Å²) in [5.74, 6) is -0.383. The summed E-state index contributed by atoms with van der Waals surface area (Å²) in [7, 11) is -3.91. The third kappa shape index (κ3) is 5.99. The molecule has 1 atom stereocenters. The van der Waals surface area contributed by atoms with Crippen molar-refractivity contribution in [3.8, 4) is 0 Å². The molecule has 0 aliphatic rings. The molecule has 1 amide bonds. The van der Waals surface area contributed by atoms with Crippen LogP contribution in [0.4, 0.5) is 0 Å². The van der Waals surface area contributed by atoms with Crippen molar-refractivity contribution < 1.29 is 13.2 Å². The second-order valence-corrected chi connectivity index (χ2v) is 9.32. The van der Waals surface area contributed by atoms with Crippen molar-refractivity contribution in [3.05, 3.63) is 94.8 Å². The average Bonchev–Trinajstić information content (AvgIpc) is 2.72. The lowest BCUT2D eigenvalue weighted by Crippen LogP contribution is -2.48. The fourth-order valence-corrected chi connectivity index (χ4v) is 5.34. The fraction of sp³-hybridized carbons (Fsp3) is 0.250. The molecule has 0 aliphatic carbocycles. The molecule has 0 fully saturated rings. The van der Waals surface area contributed by atoms with E-state index in [2.05, 4.69) is 15.0 Å². The average molecular weight is 438 g/mol. The molecule has 6 nitrogen and oxygen atoms in total. The molecule has 162 valence electrons. The highest BCUT2D eigenvalue weighted by Crippen LogP contribution is 2.22. The summed E-state index contributed by atoms with van der Waals surface area (Å²) in [6.45, 7) is 5.75. The summed E-state index contributed by atoms with van der Waals surface area (Å²) in [5, 5.41) is 2.84. The van der Waals surface area contributed by atoms with Crippen molar-refractivity contribution in [3.63, 3.8) is 0 Å². The lowest BCUT2D eigenvalue weighted by molar-refractivity contribution is -0.122. The van der Waals surface area contributed by atoms with Gasteiger partial charge in [-0.15, -0.1) is 0 Å². The third-order valence-corrected chi connectivity index (χ3v) is 6.76. The first kappa shape index (κ1) is 22.7. The Labute approximate surface area is 183 Å². The molecular formula is C24H27N3O3S. The minimum atomic E-state index is -3.91. The van der Waals surface area contributed by atoms with Gasteiger partial charge in [0.05, 0.1) is 4.90 Å². The standard InChI is InChI=1S/C24H27N3O3S/c1-17-13-18(2)23(19(3)14-17)31(29,30)27-22(15-20-7-5-4-6-8-20)24(28)26-16-21-9-11-25-12-10-21/h4-14,22,27H,15-16H2,1-3H3,(H,26,28). The van der Waals surface area contributed by atoms with Crippen LogP contribution in [0.2, 0.25) is 0 Å². The number of amides is 1. The number of carbonyl (C=O) groups is 1. The van der Waals surface area contributed by atoms with Crippen LogP contribution in [0.5, 0.6) is 0 Å². The lowest BCUT2D eigenvalue weighted by Gasteiger charge is -2.20. The maximum atomic E-state index is 13.3. The van der Waals surface area contributed by atoms with Gasteiger partial charge >= 0.3 is 0 Å². The van der Waals surface area contributed by atoms with Gasteiger partial charge in [-0.3, -0.25) is 9.78 Å². The van der Waals surface area contributed by atoms with Crippen molar-refractivity contribution in [1.82, 2.24) is 15.0 Å². The molecule has 0 saturated heterocycles. The molecule has 0 bridgehead atoms. The van der Waals surface area contributed by atoms with Gasteiger partial charge in [0.15, 0.2) is 0 Å². The summed E-state index contributed by atoms with van der Waals surface area (Å²) in [6, 6.07) is 15.7. The Kier molecular flexibility index (Phi) is 7.20. The maximum Gasteiger partial charge on any atom is 0.241 e. The van der Waals surface area contributed by atoms with Gasteiger partial charge < -0.3 is 5.32 Å². The minimum absolute atomic E-state index is 0.220. The van der Waals surface area contributed by atoms with E-state index >= 15 is 0 Å². The number of aromatic nitrogens is 1. The Balaban J connectivity index is 1.86. The zero-order chi connectivity index (χ0) is 22.4. The number of nitrogens with one attached hydrogen (secondary N) is 2. The molecule has 31 heavy (non-hydrogen) atoms. The Morgan fingerprint density at radius 3 is 2.16 bits per heavy atom. The molecule has 3 aromatic rings. The number of sulfonamides is 1. The predicted molar refractivity (Wildman–Crippen MR) is 121 cm³/mol. The van der Waals surface area contributed by atoms with Crippen LogP contribution < -0.4 is 10.0 Å². The molecule has 1 heterocycles.